The number of hydrogen-bond donors (Lipinski definition) is 0. The molecule has 1 amide bonds. The van der Waals surface area contributed by atoms with Gasteiger partial charge in [0.05, 0.1) is 13.2 Å². The molecule has 2 rings (SSSR count). The van der Waals surface area contributed by atoms with Crippen LogP contribution in [0, 0.1) is 0 Å². The minimum Gasteiger partial charge on any atom is -0.494 e. The molecule has 0 N–H and O–H groups in total. The van der Waals surface area contributed by atoms with Crippen molar-refractivity contribution in [3.05, 3.63) is 72.8 Å². The van der Waals surface area contributed by atoms with Crippen molar-refractivity contribution in [2.45, 2.75) is 58.4 Å². The molecule has 0 saturated carbocycles. The molecule has 0 aliphatic carbocycles. The van der Waals surface area contributed by atoms with Gasteiger partial charge in [0.1, 0.15) is 5.75 Å². The standard InChI is InChI=1S/C27H35NO4/c1-4-13-22(3)28(24-14-9-8-10-15-24)27(30)23-16-18-25(19-17-23)31-20-11-6-7-12-21-32-26(29)5-2/h5,8-10,14-19,22H,2,4,6-7,11-13,20-21H2,1,3H3. The zero-order valence-corrected chi connectivity index (χ0v) is 19.3. The van der Waals surface area contributed by atoms with Crippen LogP contribution in [0.3, 0.4) is 0 Å². The van der Waals surface area contributed by atoms with Gasteiger partial charge in [-0.05, 0) is 75.4 Å². The normalized spacial score (nSPS) is 11.4. The van der Waals surface area contributed by atoms with E-state index in [0.29, 0.717) is 18.8 Å². The number of amides is 1. The van der Waals surface area contributed by atoms with Crippen LogP contribution in [0.1, 0.15) is 62.7 Å². The van der Waals surface area contributed by atoms with E-state index in [9.17, 15) is 9.59 Å². The number of esters is 1. The first-order valence-corrected chi connectivity index (χ1v) is 11.5. The van der Waals surface area contributed by atoms with Crippen LogP contribution >= 0.6 is 0 Å². The zero-order chi connectivity index (χ0) is 23.2. The Morgan fingerprint density at radius 2 is 1.62 bits per heavy atom. The molecule has 0 spiro atoms. The average molecular weight is 438 g/mol. The summed E-state index contributed by atoms with van der Waals surface area (Å²) >= 11 is 0. The van der Waals surface area contributed by atoms with Gasteiger partial charge in [-0.25, -0.2) is 4.79 Å². The summed E-state index contributed by atoms with van der Waals surface area (Å²) < 4.78 is 10.8. The lowest BCUT2D eigenvalue weighted by Crippen LogP contribution is -2.38. The van der Waals surface area contributed by atoms with E-state index >= 15 is 0 Å². The van der Waals surface area contributed by atoms with Gasteiger partial charge in [-0.15, -0.1) is 0 Å². The largest absolute Gasteiger partial charge is 0.494 e. The Balaban J connectivity index is 1.83. The van der Waals surface area contributed by atoms with Crippen LogP contribution in [0.15, 0.2) is 67.3 Å². The molecule has 5 nitrogen and oxygen atoms in total. The summed E-state index contributed by atoms with van der Waals surface area (Å²) in [5.41, 5.74) is 1.57. The number of para-hydroxylation sites is 1. The van der Waals surface area contributed by atoms with Gasteiger partial charge in [0.25, 0.3) is 5.91 Å². The van der Waals surface area contributed by atoms with E-state index in [4.69, 9.17) is 9.47 Å². The lowest BCUT2D eigenvalue weighted by Gasteiger charge is -2.29. The van der Waals surface area contributed by atoms with Gasteiger partial charge in [-0.1, -0.05) is 38.1 Å². The van der Waals surface area contributed by atoms with Gasteiger partial charge in [0.2, 0.25) is 0 Å². The summed E-state index contributed by atoms with van der Waals surface area (Å²) in [5, 5.41) is 0. The molecule has 32 heavy (non-hydrogen) atoms. The summed E-state index contributed by atoms with van der Waals surface area (Å²) in [4.78, 5) is 26.1. The van der Waals surface area contributed by atoms with E-state index in [0.717, 1.165) is 50.0 Å². The minimum atomic E-state index is -0.373. The molecule has 0 aliphatic heterocycles. The van der Waals surface area contributed by atoms with Gasteiger partial charge in [-0.3, -0.25) is 4.79 Å². The molecule has 172 valence electrons. The van der Waals surface area contributed by atoms with Crippen LogP contribution in [0.4, 0.5) is 5.69 Å². The Kier molecular flexibility index (Phi) is 11.1. The second-order valence-electron chi connectivity index (χ2n) is 7.81. The molecule has 1 atom stereocenters. The SMILES string of the molecule is C=CC(=O)OCCCCCCOc1ccc(C(=O)N(c2ccccc2)C(C)CCC)cc1. The van der Waals surface area contributed by atoms with Crippen LogP contribution in [0.5, 0.6) is 5.75 Å². The molecule has 2 aromatic rings. The van der Waals surface area contributed by atoms with Gasteiger partial charge in [0, 0.05) is 23.4 Å². The molecular formula is C27H35NO4. The van der Waals surface area contributed by atoms with Crippen molar-refractivity contribution in [1.29, 1.82) is 0 Å². The molecule has 0 bridgehead atoms. The van der Waals surface area contributed by atoms with Crippen LogP contribution in [0.2, 0.25) is 0 Å². The van der Waals surface area contributed by atoms with Crippen LogP contribution in [0.25, 0.3) is 0 Å². The number of benzene rings is 2. The van der Waals surface area contributed by atoms with Crippen molar-refractivity contribution in [2.75, 3.05) is 18.1 Å². The number of carbonyl (C=O) groups is 2. The van der Waals surface area contributed by atoms with Crippen molar-refractivity contribution in [2.24, 2.45) is 0 Å². The third-order valence-electron chi connectivity index (χ3n) is 5.22. The molecule has 0 radical (unpaired) electrons. The first-order valence-electron chi connectivity index (χ1n) is 11.5. The average Bonchev–Trinajstić information content (AvgIpc) is 2.82. The maximum atomic E-state index is 13.3. The highest BCUT2D eigenvalue weighted by molar-refractivity contribution is 6.06. The highest BCUT2D eigenvalue weighted by Gasteiger charge is 2.22. The second-order valence-corrected chi connectivity index (χ2v) is 7.81. The number of ether oxygens (including phenoxy) is 2. The number of nitrogens with zero attached hydrogens (tertiary/aromatic N) is 1. The van der Waals surface area contributed by atoms with Crippen molar-refractivity contribution in [3.63, 3.8) is 0 Å². The molecule has 1 unspecified atom stereocenters. The third kappa shape index (κ3) is 8.22. The number of rotatable bonds is 14. The highest BCUT2D eigenvalue weighted by Crippen LogP contribution is 2.23. The molecule has 2 aromatic carbocycles. The molecule has 5 heteroatoms. The summed E-state index contributed by atoms with van der Waals surface area (Å²) in [6, 6.07) is 17.3. The maximum Gasteiger partial charge on any atom is 0.330 e. The molecular weight excluding hydrogens is 402 g/mol. The Morgan fingerprint density at radius 3 is 2.25 bits per heavy atom. The third-order valence-corrected chi connectivity index (χ3v) is 5.22. The number of anilines is 1. The fourth-order valence-corrected chi connectivity index (χ4v) is 3.52. The summed E-state index contributed by atoms with van der Waals surface area (Å²) in [5.74, 6) is 0.386. The van der Waals surface area contributed by atoms with Crippen LogP contribution in [-0.2, 0) is 9.53 Å². The first-order chi connectivity index (χ1) is 15.6. The number of unbranched alkanes of at least 4 members (excludes halogenated alkanes) is 3. The summed E-state index contributed by atoms with van der Waals surface area (Å²) in [6.45, 7) is 8.64. The van der Waals surface area contributed by atoms with Gasteiger partial charge in [0.15, 0.2) is 0 Å². The zero-order valence-electron chi connectivity index (χ0n) is 19.3. The quantitative estimate of drug-likeness (QED) is 0.201. The number of carbonyl (C=O) groups excluding carboxylic acids is 2. The first kappa shape index (κ1) is 25.2. The highest BCUT2D eigenvalue weighted by atomic mass is 16.5. The fraction of sp³-hybridized carbons (Fsp3) is 0.407. The van der Waals surface area contributed by atoms with Gasteiger partial charge < -0.3 is 14.4 Å². The monoisotopic (exact) mass is 437 g/mol. The topological polar surface area (TPSA) is 55.8 Å². The molecule has 0 aliphatic rings. The lowest BCUT2D eigenvalue weighted by molar-refractivity contribution is -0.137. The lowest BCUT2D eigenvalue weighted by atomic mass is 10.1. The van der Waals surface area contributed by atoms with E-state index in [2.05, 4.69) is 20.4 Å². The summed E-state index contributed by atoms with van der Waals surface area (Å²) in [6.07, 6.45) is 6.88. The van der Waals surface area contributed by atoms with E-state index in [1.807, 2.05) is 59.5 Å². The number of hydrogen-bond acceptors (Lipinski definition) is 4. The van der Waals surface area contributed by atoms with Gasteiger partial charge in [-0.2, -0.15) is 0 Å². The predicted octanol–water partition coefficient (Wildman–Crippen LogP) is 6.19. The Bertz CT molecular complexity index is 832. The van der Waals surface area contributed by atoms with Crippen LogP contribution in [-0.4, -0.2) is 31.1 Å². The maximum absolute atomic E-state index is 13.3. The van der Waals surface area contributed by atoms with E-state index in [1.165, 1.54) is 6.08 Å². The van der Waals surface area contributed by atoms with Crippen molar-refractivity contribution in [3.8, 4) is 5.75 Å². The predicted molar refractivity (Wildman–Crippen MR) is 129 cm³/mol. The molecule has 0 saturated heterocycles. The fourth-order valence-electron chi connectivity index (χ4n) is 3.52. The van der Waals surface area contributed by atoms with Crippen LogP contribution < -0.4 is 9.64 Å². The Morgan fingerprint density at radius 1 is 0.969 bits per heavy atom. The van der Waals surface area contributed by atoms with Crippen molar-refractivity contribution < 1.29 is 19.1 Å². The molecule has 0 aromatic heterocycles. The van der Waals surface area contributed by atoms with E-state index < -0.39 is 0 Å². The summed E-state index contributed by atoms with van der Waals surface area (Å²) in [7, 11) is 0. The van der Waals surface area contributed by atoms with Gasteiger partial charge >= 0.3 is 5.97 Å². The van der Waals surface area contributed by atoms with E-state index in [-0.39, 0.29) is 17.9 Å². The van der Waals surface area contributed by atoms with Crippen molar-refractivity contribution in [1.82, 2.24) is 0 Å². The Hall–Kier alpha value is -3.08. The molecule has 0 heterocycles. The Labute approximate surface area is 192 Å². The molecule has 0 fully saturated rings. The van der Waals surface area contributed by atoms with Crippen molar-refractivity contribution >= 4 is 17.6 Å². The minimum absolute atomic E-state index is 0.000791. The van der Waals surface area contributed by atoms with E-state index in [1.54, 1.807) is 0 Å². The smallest absolute Gasteiger partial charge is 0.330 e. The second kappa shape index (κ2) is 14.1.